The van der Waals surface area contributed by atoms with Gasteiger partial charge in [0.2, 0.25) is 21.8 Å². The van der Waals surface area contributed by atoms with Crippen molar-refractivity contribution in [1.29, 1.82) is 0 Å². The molecule has 3 heterocycles. The molecule has 2 aromatic heterocycles. The SMILES string of the molecule is C=CC1C[C@]1(NC(=O)[C@@H]1C[C@@H](Oc2cc(-c3csc(NC(C)C)n3)nc3cc(OC)ccc23)CN1C(=O)[C@@H](NC(=O)N[C@H](C(=O)N(C)S(C)(=O)=O)C(C)(C)C)C(C)(C)C)C(=O)O. The topological polar surface area (TPSA) is 239 Å². The van der Waals surface area contributed by atoms with E-state index < -0.39 is 86.3 Å². The summed E-state index contributed by atoms with van der Waals surface area (Å²) in [7, 11) is -1.33. The molecule has 5 N–H and O–H groups in total. The number of aromatic nitrogens is 2. The van der Waals surface area contributed by atoms with E-state index in [9.17, 15) is 37.5 Å². The number of carbonyl (C=O) groups is 5. The van der Waals surface area contributed by atoms with Gasteiger partial charge in [-0.3, -0.25) is 14.4 Å². The normalized spacial score (nSPS) is 21.1. The Kier molecular flexibility index (Phi) is 13.6. The largest absolute Gasteiger partial charge is 0.497 e. The Hall–Kier alpha value is -5.50. The number of thiazole rings is 1. The number of urea groups is 1. The molecule has 20 heteroatoms. The average Bonchev–Trinajstić information content (AvgIpc) is 3.44. The maximum Gasteiger partial charge on any atom is 0.330 e. The number of carbonyl (C=O) groups excluding carboxylic acids is 4. The second kappa shape index (κ2) is 17.7. The van der Waals surface area contributed by atoms with Crippen LogP contribution in [0.3, 0.4) is 0 Å². The van der Waals surface area contributed by atoms with Crippen LogP contribution in [-0.2, 0) is 29.2 Å². The summed E-state index contributed by atoms with van der Waals surface area (Å²) in [5, 5.41) is 24.6. The lowest BCUT2D eigenvalue weighted by atomic mass is 9.85. The molecular formula is C42H58N8O10S2. The highest BCUT2D eigenvalue weighted by molar-refractivity contribution is 7.88. The van der Waals surface area contributed by atoms with Gasteiger partial charge in [0.25, 0.3) is 5.91 Å². The van der Waals surface area contributed by atoms with E-state index >= 15 is 0 Å². The zero-order chi connectivity index (χ0) is 46.3. The predicted molar refractivity (Wildman–Crippen MR) is 235 cm³/mol. The number of hydrogen-bond donors (Lipinski definition) is 5. The molecule has 2 fully saturated rings. The van der Waals surface area contributed by atoms with Crippen LogP contribution in [0, 0.1) is 16.7 Å². The van der Waals surface area contributed by atoms with Gasteiger partial charge in [0, 0.05) is 48.3 Å². The molecule has 62 heavy (non-hydrogen) atoms. The Morgan fingerprint density at radius 2 is 1.68 bits per heavy atom. The van der Waals surface area contributed by atoms with Gasteiger partial charge < -0.3 is 40.7 Å². The van der Waals surface area contributed by atoms with Gasteiger partial charge in [0.05, 0.1) is 31.1 Å². The summed E-state index contributed by atoms with van der Waals surface area (Å²) in [4.78, 5) is 79.6. The highest BCUT2D eigenvalue weighted by atomic mass is 32.2. The number of amides is 5. The number of nitrogens with one attached hydrogen (secondary N) is 4. The molecule has 5 amide bonds. The fraction of sp³-hybridized carbons (Fsp3) is 0.548. The number of methoxy groups -OCH3 is 1. The fourth-order valence-electron chi connectivity index (χ4n) is 7.22. The number of benzene rings is 1. The Balaban J connectivity index is 1.51. The van der Waals surface area contributed by atoms with Crippen molar-refractivity contribution < 1.29 is 47.0 Å². The third kappa shape index (κ3) is 10.4. The number of carboxylic acids is 1. The Bertz CT molecular complexity index is 2360. The molecular weight excluding hydrogens is 841 g/mol. The summed E-state index contributed by atoms with van der Waals surface area (Å²) in [5.74, 6) is -3.13. The van der Waals surface area contributed by atoms with Crippen LogP contribution in [0.25, 0.3) is 22.3 Å². The van der Waals surface area contributed by atoms with Crippen molar-refractivity contribution >= 4 is 67.1 Å². The number of likely N-dealkylation sites (tertiary alicyclic amines) is 1. The maximum absolute atomic E-state index is 14.9. The molecule has 5 rings (SSSR count). The van der Waals surface area contributed by atoms with Crippen molar-refractivity contribution in [3.05, 3.63) is 42.3 Å². The third-order valence-electron chi connectivity index (χ3n) is 10.9. The minimum absolute atomic E-state index is 0.0536. The molecule has 338 valence electrons. The molecule has 2 aliphatic rings. The van der Waals surface area contributed by atoms with Crippen molar-refractivity contribution in [2.75, 3.05) is 32.3 Å². The first-order valence-electron chi connectivity index (χ1n) is 20.1. The summed E-state index contributed by atoms with van der Waals surface area (Å²) in [6.07, 6.45) is 1.58. The monoisotopic (exact) mass is 898 g/mol. The van der Waals surface area contributed by atoms with E-state index in [0.717, 1.165) is 13.3 Å². The summed E-state index contributed by atoms with van der Waals surface area (Å²) in [6.45, 7) is 17.6. The molecule has 1 unspecified atom stereocenters. The van der Waals surface area contributed by atoms with Crippen LogP contribution in [0.2, 0.25) is 0 Å². The Labute approximate surface area is 366 Å². The molecule has 1 saturated carbocycles. The second-order valence-corrected chi connectivity index (χ2v) is 21.2. The van der Waals surface area contributed by atoms with Crippen LogP contribution in [0.5, 0.6) is 11.5 Å². The minimum Gasteiger partial charge on any atom is -0.497 e. The number of pyridine rings is 1. The lowest BCUT2D eigenvalue weighted by Gasteiger charge is -2.37. The van der Waals surface area contributed by atoms with Crippen molar-refractivity contribution in [3.63, 3.8) is 0 Å². The first-order valence-corrected chi connectivity index (χ1v) is 22.8. The lowest BCUT2D eigenvalue weighted by Crippen LogP contribution is -2.62. The van der Waals surface area contributed by atoms with E-state index in [1.54, 1.807) is 72.9 Å². The van der Waals surface area contributed by atoms with E-state index in [4.69, 9.17) is 19.4 Å². The van der Waals surface area contributed by atoms with Crippen LogP contribution in [-0.4, -0.2) is 125 Å². The van der Waals surface area contributed by atoms with E-state index in [-0.39, 0.29) is 25.4 Å². The number of rotatable bonds is 15. The zero-order valence-electron chi connectivity index (χ0n) is 37.0. The van der Waals surface area contributed by atoms with Gasteiger partial charge in [0.15, 0.2) is 5.13 Å². The Morgan fingerprint density at radius 1 is 1.03 bits per heavy atom. The first kappa shape index (κ1) is 47.5. The number of aliphatic carboxylic acids is 1. The molecule has 3 aromatic rings. The van der Waals surface area contributed by atoms with Crippen molar-refractivity contribution in [2.45, 2.75) is 104 Å². The van der Waals surface area contributed by atoms with E-state index in [2.05, 4.69) is 27.8 Å². The third-order valence-corrected chi connectivity index (χ3v) is 12.9. The van der Waals surface area contributed by atoms with Gasteiger partial charge in [-0.2, -0.15) is 0 Å². The van der Waals surface area contributed by atoms with Crippen LogP contribution in [0.1, 0.15) is 68.2 Å². The van der Waals surface area contributed by atoms with Crippen molar-refractivity contribution in [3.8, 4) is 22.9 Å². The van der Waals surface area contributed by atoms with Crippen molar-refractivity contribution in [1.82, 2.24) is 35.1 Å². The van der Waals surface area contributed by atoms with E-state index in [1.807, 2.05) is 19.2 Å². The fourth-order valence-corrected chi connectivity index (χ4v) is 8.51. The molecule has 0 spiro atoms. The van der Waals surface area contributed by atoms with Crippen molar-refractivity contribution in [2.24, 2.45) is 16.7 Å². The molecule has 1 aliphatic heterocycles. The summed E-state index contributed by atoms with van der Waals surface area (Å²) in [5.41, 5.74) is -1.93. The van der Waals surface area contributed by atoms with E-state index in [0.29, 0.717) is 43.2 Å². The van der Waals surface area contributed by atoms with Gasteiger partial charge >= 0.3 is 12.0 Å². The predicted octanol–water partition coefficient (Wildman–Crippen LogP) is 4.23. The standard InChI is InChI=1S/C42H58N8O10S2/c1-13-23-19-42(23,37(54)55)48-34(51)30-17-25(60-31-18-28(29-21-61-39(45-29)43-22(2)3)44-27-16-24(59-11)14-15-26(27)31)20-50(30)36(53)33(41(7,8)9)47-38(56)46-32(40(4,5)6)35(52)49(10)62(12,57)58/h13-16,18,21-23,25,30,32-33H,1,17,19-20H2,2-12H3,(H,43,45)(H,48,51)(H,54,55)(H2,46,47,56)/t23?,25-,30+,32-,33-,42-/m1/s1. The Morgan fingerprint density at radius 3 is 2.23 bits per heavy atom. The number of ether oxygens (including phenoxy) is 2. The van der Waals surface area contributed by atoms with Crippen LogP contribution in [0.4, 0.5) is 9.93 Å². The molecule has 1 saturated heterocycles. The first-order chi connectivity index (χ1) is 28.7. The molecule has 6 atom stereocenters. The molecule has 1 aliphatic carbocycles. The van der Waals surface area contributed by atoms with Gasteiger partial charge in [-0.05, 0) is 43.2 Å². The highest BCUT2D eigenvalue weighted by Gasteiger charge is 2.61. The van der Waals surface area contributed by atoms with Gasteiger partial charge in [-0.25, -0.2) is 32.3 Å². The van der Waals surface area contributed by atoms with E-state index in [1.165, 1.54) is 22.3 Å². The van der Waals surface area contributed by atoms with Crippen LogP contribution in [0.15, 0.2) is 42.3 Å². The minimum atomic E-state index is -3.97. The summed E-state index contributed by atoms with van der Waals surface area (Å²) >= 11 is 1.42. The molecule has 0 radical (unpaired) electrons. The molecule has 18 nitrogen and oxygen atoms in total. The second-order valence-electron chi connectivity index (χ2n) is 18.3. The maximum atomic E-state index is 14.9. The molecule has 0 bridgehead atoms. The quantitative estimate of drug-likeness (QED) is 0.135. The lowest BCUT2D eigenvalue weighted by molar-refractivity contribution is -0.146. The number of fused-ring (bicyclic) bond motifs is 1. The summed E-state index contributed by atoms with van der Waals surface area (Å²) in [6, 6.07) is 2.36. The van der Waals surface area contributed by atoms with Crippen LogP contribution < -0.4 is 30.7 Å². The van der Waals surface area contributed by atoms with Crippen LogP contribution >= 0.6 is 11.3 Å². The number of carboxylic acid groups (broad SMARTS) is 1. The number of nitrogens with zero attached hydrogens (tertiary/aromatic N) is 4. The van der Waals surface area contributed by atoms with Gasteiger partial charge in [-0.1, -0.05) is 47.6 Å². The number of sulfonamides is 1. The van der Waals surface area contributed by atoms with Gasteiger partial charge in [-0.15, -0.1) is 17.9 Å². The highest BCUT2D eigenvalue weighted by Crippen LogP contribution is 2.45. The molecule has 1 aromatic carbocycles. The zero-order valence-corrected chi connectivity index (χ0v) is 38.6. The number of hydrogen-bond acceptors (Lipinski definition) is 13. The average molecular weight is 899 g/mol. The van der Waals surface area contributed by atoms with Gasteiger partial charge in [0.1, 0.15) is 47.0 Å². The number of likely N-dealkylation sites (N-methyl/N-ethyl adjacent to an activating group) is 1. The smallest absolute Gasteiger partial charge is 0.330 e. The number of anilines is 1. The summed E-state index contributed by atoms with van der Waals surface area (Å²) < 4.78 is 37.2.